The molecule has 0 spiro atoms. The number of esters is 1. The molecule has 1 N–H and O–H groups in total. The predicted molar refractivity (Wildman–Crippen MR) is 99.2 cm³/mol. The number of carbonyl (C=O) groups excluding carboxylic acids is 1. The standard InChI is InChI=1S/C12H15BrO2.C5H9BrO2/c13-9-5-4-8-12(14)15-10-11-6-2-1-3-7-11;6-4-2-1-3-5(7)8/h1-3,6-7H,4-5,8-10H2;1-4H2,(H,7,8). The van der Waals surface area contributed by atoms with E-state index >= 15 is 0 Å². The Bertz CT molecular complexity index is 424. The van der Waals surface area contributed by atoms with Crippen LogP contribution < -0.4 is 0 Å². The van der Waals surface area contributed by atoms with Crippen molar-refractivity contribution in [2.75, 3.05) is 10.7 Å². The van der Waals surface area contributed by atoms with Crippen LogP contribution in [0.3, 0.4) is 0 Å². The number of hydrogen-bond donors (Lipinski definition) is 1. The van der Waals surface area contributed by atoms with E-state index in [-0.39, 0.29) is 5.97 Å². The van der Waals surface area contributed by atoms with Gasteiger partial charge in [-0.2, -0.15) is 0 Å². The average molecular weight is 452 g/mol. The van der Waals surface area contributed by atoms with E-state index in [2.05, 4.69) is 31.9 Å². The molecule has 23 heavy (non-hydrogen) atoms. The first-order valence-electron chi connectivity index (χ1n) is 7.63. The molecular weight excluding hydrogens is 428 g/mol. The van der Waals surface area contributed by atoms with Crippen molar-refractivity contribution in [3.63, 3.8) is 0 Å². The maximum Gasteiger partial charge on any atom is 0.306 e. The summed E-state index contributed by atoms with van der Waals surface area (Å²) in [6, 6.07) is 9.72. The molecule has 6 heteroatoms. The number of carboxylic acids is 1. The molecule has 0 aliphatic heterocycles. The number of alkyl halides is 2. The van der Waals surface area contributed by atoms with Gasteiger partial charge in [0.25, 0.3) is 0 Å². The molecule has 0 atom stereocenters. The first-order valence-corrected chi connectivity index (χ1v) is 9.87. The van der Waals surface area contributed by atoms with Crippen LogP contribution in [0.5, 0.6) is 0 Å². The van der Waals surface area contributed by atoms with Gasteiger partial charge < -0.3 is 9.84 Å². The number of hydrogen-bond acceptors (Lipinski definition) is 3. The van der Waals surface area contributed by atoms with Gasteiger partial charge in [0.05, 0.1) is 0 Å². The van der Waals surface area contributed by atoms with E-state index in [4.69, 9.17) is 9.84 Å². The number of ether oxygens (including phenoxy) is 1. The summed E-state index contributed by atoms with van der Waals surface area (Å²) in [6.07, 6.45) is 4.44. The summed E-state index contributed by atoms with van der Waals surface area (Å²) in [6.45, 7) is 0.383. The Hall–Kier alpha value is -0.880. The van der Waals surface area contributed by atoms with E-state index in [0.717, 1.165) is 41.9 Å². The summed E-state index contributed by atoms with van der Waals surface area (Å²) in [5.41, 5.74) is 1.03. The van der Waals surface area contributed by atoms with E-state index in [1.165, 1.54) is 0 Å². The number of carboxylic acid groups (broad SMARTS) is 1. The van der Waals surface area contributed by atoms with Crippen LogP contribution >= 0.6 is 31.9 Å². The van der Waals surface area contributed by atoms with Crippen LogP contribution in [0, 0.1) is 0 Å². The lowest BCUT2D eigenvalue weighted by atomic mass is 10.2. The highest BCUT2D eigenvalue weighted by molar-refractivity contribution is 9.09. The molecule has 0 saturated carbocycles. The molecule has 4 nitrogen and oxygen atoms in total. The Morgan fingerprint density at radius 2 is 1.48 bits per heavy atom. The smallest absolute Gasteiger partial charge is 0.306 e. The van der Waals surface area contributed by atoms with Gasteiger partial charge in [0, 0.05) is 23.5 Å². The summed E-state index contributed by atoms with van der Waals surface area (Å²) < 4.78 is 5.12. The first-order chi connectivity index (χ1) is 11.1. The zero-order valence-corrected chi connectivity index (χ0v) is 16.4. The van der Waals surface area contributed by atoms with Gasteiger partial charge in [0.1, 0.15) is 6.61 Å². The normalized spacial score (nSPS) is 9.65. The van der Waals surface area contributed by atoms with Crippen molar-refractivity contribution in [3.05, 3.63) is 35.9 Å². The highest BCUT2D eigenvalue weighted by Crippen LogP contribution is 2.04. The van der Waals surface area contributed by atoms with E-state index in [9.17, 15) is 9.59 Å². The number of rotatable bonds is 10. The average Bonchev–Trinajstić information content (AvgIpc) is 2.55. The molecule has 1 aromatic rings. The summed E-state index contributed by atoms with van der Waals surface area (Å²) in [5, 5.41) is 9.97. The van der Waals surface area contributed by atoms with Crippen molar-refractivity contribution in [2.24, 2.45) is 0 Å². The number of aliphatic carboxylic acids is 1. The Labute approximate surface area is 154 Å². The Morgan fingerprint density at radius 1 is 0.913 bits per heavy atom. The maximum atomic E-state index is 11.3. The highest BCUT2D eigenvalue weighted by Gasteiger charge is 2.02. The summed E-state index contributed by atoms with van der Waals surface area (Å²) in [7, 11) is 0. The molecule has 0 aromatic heterocycles. The van der Waals surface area contributed by atoms with Crippen molar-refractivity contribution < 1.29 is 19.4 Å². The van der Waals surface area contributed by atoms with Crippen molar-refractivity contribution >= 4 is 43.8 Å². The van der Waals surface area contributed by atoms with Gasteiger partial charge >= 0.3 is 11.9 Å². The van der Waals surface area contributed by atoms with Crippen LogP contribution in [0.15, 0.2) is 30.3 Å². The van der Waals surface area contributed by atoms with E-state index in [1.54, 1.807) is 0 Å². The van der Waals surface area contributed by atoms with Gasteiger partial charge in [-0.3, -0.25) is 9.59 Å². The number of benzene rings is 1. The van der Waals surface area contributed by atoms with Crippen LogP contribution in [0.4, 0.5) is 0 Å². The molecule has 0 amide bonds. The van der Waals surface area contributed by atoms with Crippen molar-refractivity contribution in [2.45, 2.75) is 45.1 Å². The van der Waals surface area contributed by atoms with Gasteiger partial charge in [0.15, 0.2) is 0 Å². The zero-order valence-electron chi connectivity index (χ0n) is 13.2. The highest BCUT2D eigenvalue weighted by atomic mass is 79.9. The van der Waals surface area contributed by atoms with Crippen LogP contribution in [-0.4, -0.2) is 27.7 Å². The van der Waals surface area contributed by atoms with Crippen molar-refractivity contribution in [1.29, 1.82) is 0 Å². The predicted octanol–water partition coefficient (Wildman–Crippen LogP) is 4.93. The Kier molecular flexibility index (Phi) is 15.4. The van der Waals surface area contributed by atoms with Gasteiger partial charge in [-0.05, 0) is 31.2 Å². The van der Waals surface area contributed by atoms with Crippen LogP contribution in [0.2, 0.25) is 0 Å². The Balaban J connectivity index is 0.000000515. The molecule has 0 fully saturated rings. The molecule has 0 radical (unpaired) electrons. The number of halogens is 2. The zero-order chi connectivity index (χ0) is 17.3. The summed E-state index contributed by atoms with van der Waals surface area (Å²) >= 11 is 6.53. The largest absolute Gasteiger partial charge is 0.481 e. The Morgan fingerprint density at radius 3 is 2.00 bits per heavy atom. The van der Waals surface area contributed by atoms with E-state index < -0.39 is 5.97 Å². The summed E-state index contributed by atoms with van der Waals surface area (Å²) in [5.74, 6) is -0.814. The minimum atomic E-state index is -0.703. The second kappa shape index (κ2) is 16.0. The first kappa shape index (κ1) is 22.1. The molecular formula is C17H24Br2O4. The fourth-order valence-electron chi connectivity index (χ4n) is 1.54. The van der Waals surface area contributed by atoms with Gasteiger partial charge in [-0.1, -0.05) is 62.2 Å². The van der Waals surface area contributed by atoms with Crippen molar-refractivity contribution in [1.82, 2.24) is 0 Å². The van der Waals surface area contributed by atoms with E-state index in [1.807, 2.05) is 30.3 Å². The molecule has 0 unspecified atom stereocenters. The van der Waals surface area contributed by atoms with Crippen molar-refractivity contribution in [3.8, 4) is 0 Å². The second-order valence-corrected chi connectivity index (χ2v) is 6.42. The number of carbonyl (C=O) groups is 2. The van der Waals surface area contributed by atoms with Gasteiger partial charge in [-0.25, -0.2) is 0 Å². The van der Waals surface area contributed by atoms with Gasteiger partial charge in [-0.15, -0.1) is 0 Å². The van der Waals surface area contributed by atoms with Crippen LogP contribution in [-0.2, 0) is 20.9 Å². The second-order valence-electron chi connectivity index (χ2n) is 4.83. The fourth-order valence-corrected chi connectivity index (χ4v) is 2.34. The SMILES string of the molecule is O=C(CCCCBr)OCc1ccccc1.O=C(O)CCCCBr. The van der Waals surface area contributed by atoms with Crippen LogP contribution in [0.25, 0.3) is 0 Å². The molecule has 1 rings (SSSR count). The molecule has 0 heterocycles. The lowest BCUT2D eigenvalue weighted by Crippen LogP contribution is -2.04. The third kappa shape index (κ3) is 15.8. The monoisotopic (exact) mass is 450 g/mol. The minimum Gasteiger partial charge on any atom is -0.481 e. The molecule has 130 valence electrons. The molecule has 1 aromatic carbocycles. The minimum absolute atomic E-state index is 0.111. The third-order valence-corrected chi connectivity index (χ3v) is 3.90. The molecule has 0 bridgehead atoms. The molecule has 0 aliphatic rings. The molecule has 0 saturated heterocycles. The van der Waals surface area contributed by atoms with E-state index in [0.29, 0.717) is 19.4 Å². The maximum absolute atomic E-state index is 11.3. The lowest BCUT2D eigenvalue weighted by Gasteiger charge is -2.04. The van der Waals surface area contributed by atoms with Crippen LogP contribution in [0.1, 0.15) is 44.1 Å². The quantitative estimate of drug-likeness (QED) is 0.311. The summed E-state index contributed by atoms with van der Waals surface area (Å²) in [4.78, 5) is 21.1. The number of unbranched alkanes of at least 4 members (excludes halogenated alkanes) is 2. The lowest BCUT2D eigenvalue weighted by molar-refractivity contribution is -0.145. The topological polar surface area (TPSA) is 63.6 Å². The molecule has 0 aliphatic carbocycles. The third-order valence-electron chi connectivity index (χ3n) is 2.78. The van der Waals surface area contributed by atoms with Gasteiger partial charge in [0.2, 0.25) is 0 Å². The fraction of sp³-hybridized carbons (Fsp3) is 0.529.